The number of hydrogen-bond acceptors (Lipinski definition) is 1. The molecule has 0 bridgehead atoms. The molecule has 29 heavy (non-hydrogen) atoms. The first kappa shape index (κ1) is 27.0. The lowest BCUT2D eigenvalue weighted by Crippen LogP contribution is -2.47. The summed E-state index contributed by atoms with van der Waals surface area (Å²) in [6.07, 6.45) is 34.8. The monoisotopic (exact) mass is 407 g/mol. The molecule has 1 rings (SSSR count). The van der Waals surface area contributed by atoms with E-state index < -0.39 is 0 Å². The van der Waals surface area contributed by atoms with Crippen LogP contribution in [-0.4, -0.2) is 12.1 Å². The average Bonchev–Trinajstić information content (AvgIpc) is 2.75. The van der Waals surface area contributed by atoms with Crippen LogP contribution in [0.2, 0.25) is 0 Å². The minimum absolute atomic E-state index is 0.518. The van der Waals surface area contributed by atoms with E-state index in [1.54, 1.807) is 0 Å². The normalized spacial score (nSPS) is 16.3. The fourth-order valence-corrected chi connectivity index (χ4v) is 5.29. The molecule has 0 unspecified atom stereocenters. The van der Waals surface area contributed by atoms with E-state index in [0.717, 1.165) is 0 Å². The average molecular weight is 408 g/mol. The smallest absolute Gasteiger partial charge is 0.0181 e. The quantitative estimate of drug-likeness (QED) is 0.187. The summed E-state index contributed by atoms with van der Waals surface area (Å²) in [5, 5.41) is 4.02. The van der Waals surface area contributed by atoms with Gasteiger partial charge in [-0.15, -0.1) is 0 Å². The molecule has 1 N–H and O–H groups in total. The van der Waals surface area contributed by atoms with Gasteiger partial charge in [-0.2, -0.15) is 0 Å². The Labute approximate surface area is 185 Å². The van der Waals surface area contributed by atoms with E-state index in [1.807, 2.05) is 0 Å². The predicted octanol–water partition coefficient (Wildman–Crippen LogP) is 9.73. The summed E-state index contributed by atoms with van der Waals surface area (Å²) in [5.74, 6) is 0. The summed E-state index contributed by atoms with van der Waals surface area (Å²) in [7, 11) is 0. The lowest BCUT2D eigenvalue weighted by molar-refractivity contribution is 0.210. The van der Waals surface area contributed by atoms with E-state index >= 15 is 0 Å². The number of hydrogen-bond donors (Lipinski definition) is 1. The lowest BCUT2D eigenvalue weighted by atomic mass is 9.78. The topological polar surface area (TPSA) is 12.0 Å². The Morgan fingerprint density at radius 3 is 1.34 bits per heavy atom. The maximum atomic E-state index is 4.02. The van der Waals surface area contributed by atoms with Crippen LogP contribution in [0.15, 0.2) is 0 Å². The Morgan fingerprint density at radius 1 is 0.483 bits per heavy atom. The van der Waals surface area contributed by atoms with Gasteiger partial charge in [0.05, 0.1) is 0 Å². The molecule has 0 aromatic carbocycles. The molecule has 174 valence electrons. The van der Waals surface area contributed by atoms with Crippen molar-refractivity contribution < 1.29 is 0 Å². The second-order valence-electron chi connectivity index (χ2n) is 10.2. The first-order chi connectivity index (χ1) is 14.3. The van der Waals surface area contributed by atoms with Gasteiger partial charge in [0.1, 0.15) is 0 Å². The zero-order chi connectivity index (χ0) is 20.9. The first-order valence-corrected chi connectivity index (χ1v) is 14.1. The van der Waals surface area contributed by atoms with E-state index in [-0.39, 0.29) is 0 Å². The van der Waals surface area contributed by atoms with Crippen molar-refractivity contribution in [1.29, 1.82) is 0 Å². The van der Waals surface area contributed by atoms with Gasteiger partial charge >= 0.3 is 0 Å². The van der Waals surface area contributed by atoms with Crippen molar-refractivity contribution in [1.82, 2.24) is 5.32 Å². The highest BCUT2D eigenvalue weighted by Gasteiger charge is 2.30. The fourth-order valence-electron chi connectivity index (χ4n) is 5.29. The molecule has 0 heterocycles. The Morgan fingerprint density at radius 2 is 0.897 bits per heavy atom. The van der Waals surface area contributed by atoms with Crippen LogP contribution < -0.4 is 5.32 Å². The zero-order valence-corrected chi connectivity index (χ0v) is 20.7. The van der Waals surface area contributed by atoms with Crippen LogP contribution in [0.3, 0.4) is 0 Å². The third-order valence-corrected chi connectivity index (χ3v) is 7.35. The van der Waals surface area contributed by atoms with Crippen LogP contribution in [0.25, 0.3) is 0 Å². The maximum Gasteiger partial charge on any atom is 0.0181 e. The molecular weight excluding hydrogens is 350 g/mol. The summed E-state index contributed by atoms with van der Waals surface area (Å²) in [5.41, 5.74) is 0.518. The van der Waals surface area contributed by atoms with Crippen molar-refractivity contribution >= 4 is 0 Å². The molecule has 0 amide bonds. The number of nitrogens with one attached hydrogen (secondary N) is 1. The maximum absolute atomic E-state index is 4.02. The van der Waals surface area contributed by atoms with E-state index in [9.17, 15) is 0 Å². The molecule has 0 radical (unpaired) electrons. The summed E-state index contributed by atoms with van der Waals surface area (Å²) in [4.78, 5) is 0. The van der Waals surface area contributed by atoms with Crippen LogP contribution in [0.4, 0.5) is 0 Å². The van der Waals surface area contributed by atoms with Crippen LogP contribution >= 0.6 is 0 Å². The van der Waals surface area contributed by atoms with Crippen LogP contribution in [0.5, 0.6) is 0 Å². The molecule has 0 spiro atoms. The highest BCUT2D eigenvalue weighted by Crippen LogP contribution is 2.32. The van der Waals surface area contributed by atoms with Crippen molar-refractivity contribution in [2.24, 2.45) is 0 Å². The highest BCUT2D eigenvalue weighted by molar-refractivity contribution is 4.90. The summed E-state index contributed by atoms with van der Waals surface area (Å²) in [6, 6.07) is 0. The van der Waals surface area contributed by atoms with Gasteiger partial charge in [0.25, 0.3) is 0 Å². The van der Waals surface area contributed by atoms with Crippen LogP contribution in [-0.2, 0) is 0 Å². The number of rotatable bonds is 21. The second-order valence-corrected chi connectivity index (χ2v) is 10.2. The molecule has 1 heteroatoms. The van der Waals surface area contributed by atoms with E-state index in [4.69, 9.17) is 0 Å². The molecule has 0 aliphatic heterocycles. The minimum atomic E-state index is 0.518. The van der Waals surface area contributed by atoms with Gasteiger partial charge in [0.2, 0.25) is 0 Å². The fraction of sp³-hybridized carbons (Fsp3) is 1.00. The van der Waals surface area contributed by atoms with E-state index in [1.165, 1.54) is 161 Å². The highest BCUT2D eigenvalue weighted by atomic mass is 15.0. The van der Waals surface area contributed by atoms with E-state index in [2.05, 4.69) is 19.2 Å². The summed E-state index contributed by atoms with van der Waals surface area (Å²) in [6.45, 7) is 5.91. The van der Waals surface area contributed by atoms with E-state index in [0.29, 0.717) is 5.54 Å². The van der Waals surface area contributed by atoms with Gasteiger partial charge in [-0.3, -0.25) is 0 Å². The first-order valence-electron chi connectivity index (χ1n) is 14.1. The lowest BCUT2D eigenvalue weighted by Gasteiger charge is -2.39. The molecule has 1 aliphatic rings. The van der Waals surface area contributed by atoms with Crippen molar-refractivity contribution in [2.45, 2.75) is 173 Å². The molecule has 0 atom stereocenters. The molecule has 0 aromatic rings. The van der Waals surface area contributed by atoms with Crippen LogP contribution in [0, 0.1) is 0 Å². The summed E-state index contributed by atoms with van der Waals surface area (Å²) < 4.78 is 0. The van der Waals surface area contributed by atoms with Gasteiger partial charge < -0.3 is 5.32 Å². The zero-order valence-electron chi connectivity index (χ0n) is 20.7. The minimum Gasteiger partial charge on any atom is -0.311 e. The SMILES string of the molecule is CCCCCCCCCCCCCCCCCCNC1(CCCC)CCCCC1. The van der Waals surface area contributed by atoms with Gasteiger partial charge in [-0.05, 0) is 32.2 Å². The largest absolute Gasteiger partial charge is 0.311 e. The summed E-state index contributed by atoms with van der Waals surface area (Å²) >= 11 is 0. The molecule has 1 saturated carbocycles. The van der Waals surface area contributed by atoms with Gasteiger partial charge in [0.15, 0.2) is 0 Å². The molecule has 0 saturated heterocycles. The predicted molar refractivity (Wildman–Crippen MR) is 133 cm³/mol. The molecular formula is C28H57N. The Kier molecular flexibility index (Phi) is 18.5. The van der Waals surface area contributed by atoms with Crippen LogP contribution in [0.1, 0.15) is 168 Å². The van der Waals surface area contributed by atoms with Gasteiger partial charge in [-0.25, -0.2) is 0 Å². The van der Waals surface area contributed by atoms with Crippen molar-refractivity contribution in [3.8, 4) is 0 Å². The molecule has 1 aliphatic carbocycles. The Bertz CT molecular complexity index is 318. The molecule has 0 aromatic heterocycles. The van der Waals surface area contributed by atoms with Crippen molar-refractivity contribution in [2.75, 3.05) is 6.54 Å². The van der Waals surface area contributed by atoms with Crippen molar-refractivity contribution in [3.63, 3.8) is 0 Å². The molecule has 1 fully saturated rings. The third-order valence-electron chi connectivity index (χ3n) is 7.35. The standard InChI is InChI=1S/C28H57N/c1-3-5-7-8-9-10-11-12-13-14-15-16-17-18-19-23-27-29-28(24-6-4-2)25-21-20-22-26-28/h29H,3-27H2,1-2H3. The van der Waals surface area contributed by atoms with Gasteiger partial charge in [-0.1, -0.05) is 142 Å². The molecule has 1 nitrogen and oxygen atoms in total. The Hall–Kier alpha value is -0.0400. The Balaban J connectivity index is 1.82. The third kappa shape index (κ3) is 15.4. The van der Waals surface area contributed by atoms with Crippen molar-refractivity contribution in [3.05, 3.63) is 0 Å². The van der Waals surface area contributed by atoms with Gasteiger partial charge in [0, 0.05) is 5.54 Å². The second kappa shape index (κ2) is 19.9. The number of unbranched alkanes of at least 4 members (excludes halogenated alkanes) is 16.